The third-order valence-electron chi connectivity index (χ3n) is 4.14. The molecule has 1 unspecified atom stereocenters. The van der Waals surface area contributed by atoms with Crippen molar-refractivity contribution in [3.63, 3.8) is 0 Å². The van der Waals surface area contributed by atoms with Crippen molar-refractivity contribution in [3.05, 3.63) is 77.7 Å². The Bertz CT molecular complexity index is 781. The lowest BCUT2D eigenvalue weighted by Gasteiger charge is -2.23. The molecule has 3 rings (SSSR count). The second kappa shape index (κ2) is 8.05. The quantitative estimate of drug-likeness (QED) is 0.692. The Morgan fingerprint density at radius 1 is 1.08 bits per heavy atom. The molecule has 4 nitrogen and oxygen atoms in total. The summed E-state index contributed by atoms with van der Waals surface area (Å²) in [5.74, 6) is -0.238. The summed E-state index contributed by atoms with van der Waals surface area (Å²) >= 11 is 0. The van der Waals surface area contributed by atoms with E-state index in [1.807, 2.05) is 12.3 Å². The highest BCUT2D eigenvalue weighted by molar-refractivity contribution is 5.62. The number of nitrogens with one attached hydrogen (secondary N) is 2. The molecule has 0 spiro atoms. The van der Waals surface area contributed by atoms with Gasteiger partial charge in [-0.2, -0.15) is 5.10 Å². The van der Waals surface area contributed by atoms with E-state index in [-0.39, 0.29) is 11.9 Å². The molecule has 0 saturated heterocycles. The zero-order valence-electron chi connectivity index (χ0n) is 14.5. The Labute approximate surface area is 147 Å². The summed E-state index contributed by atoms with van der Waals surface area (Å²) in [4.78, 5) is 2.17. The van der Waals surface area contributed by atoms with Crippen LogP contribution in [-0.4, -0.2) is 35.7 Å². The largest absolute Gasteiger partial charge is 0.308 e. The van der Waals surface area contributed by atoms with Gasteiger partial charge in [0.25, 0.3) is 0 Å². The first-order chi connectivity index (χ1) is 12.1. The van der Waals surface area contributed by atoms with Crippen molar-refractivity contribution in [1.29, 1.82) is 0 Å². The van der Waals surface area contributed by atoms with Crippen LogP contribution in [0, 0.1) is 5.82 Å². The number of hydrogen-bond acceptors (Lipinski definition) is 3. The minimum absolute atomic E-state index is 0.215. The maximum atomic E-state index is 13.1. The van der Waals surface area contributed by atoms with Crippen molar-refractivity contribution >= 4 is 0 Å². The van der Waals surface area contributed by atoms with E-state index in [2.05, 4.69) is 58.8 Å². The molecule has 2 aromatic carbocycles. The predicted molar refractivity (Wildman–Crippen MR) is 98.6 cm³/mol. The number of hydrogen-bond donors (Lipinski definition) is 2. The molecule has 0 saturated carbocycles. The number of benzene rings is 2. The van der Waals surface area contributed by atoms with Gasteiger partial charge in [-0.3, -0.25) is 5.10 Å². The normalized spacial score (nSPS) is 12.5. The number of likely N-dealkylation sites (N-methyl/N-ethyl adjacent to an activating group) is 1. The average molecular weight is 338 g/mol. The number of halogens is 1. The van der Waals surface area contributed by atoms with E-state index in [4.69, 9.17) is 0 Å². The Hall–Kier alpha value is -2.50. The molecule has 25 heavy (non-hydrogen) atoms. The van der Waals surface area contributed by atoms with Crippen LogP contribution < -0.4 is 5.32 Å². The number of rotatable bonds is 7. The first-order valence-corrected chi connectivity index (χ1v) is 8.34. The average Bonchev–Trinajstić information content (AvgIpc) is 3.08. The van der Waals surface area contributed by atoms with Crippen LogP contribution in [0.5, 0.6) is 0 Å². The van der Waals surface area contributed by atoms with Gasteiger partial charge >= 0.3 is 0 Å². The summed E-state index contributed by atoms with van der Waals surface area (Å²) in [7, 11) is 4.14. The molecule has 130 valence electrons. The van der Waals surface area contributed by atoms with Crippen molar-refractivity contribution in [2.75, 3.05) is 20.6 Å². The first kappa shape index (κ1) is 17.3. The number of aromatic amines is 1. The minimum atomic E-state index is -0.238. The lowest BCUT2D eigenvalue weighted by molar-refractivity contribution is 0.340. The lowest BCUT2D eigenvalue weighted by Crippen LogP contribution is -2.30. The summed E-state index contributed by atoms with van der Waals surface area (Å²) in [5.41, 5.74) is 4.16. The first-order valence-electron chi connectivity index (χ1n) is 8.34. The molecule has 0 aliphatic rings. The van der Waals surface area contributed by atoms with Gasteiger partial charge in [-0.15, -0.1) is 0 Å². The van der Waals surface area contributed by atoms with Crippen LogP contribution in [0.1, 0.15) is 17.2 Å². The van der Waals surface area contributed by atoms with Crippen LogP contribution in [-0.2, 0) is 6.54 Å². The molecule has 0 bridgehead atoms. The zero-order valence-corrected chi connectivity index (χ0v) is 14.5. The van der Waals surface area contributed by atoms with Gasteiger partial charge in [0, 0.05) is 30.3 Å². The van der Waals surface area contributed by atoms with E-state index in [1.165, 1.54) is 17.7 Å². The highest BCUT2D eigenvalue weighted by Gasteiger charge is 2.14. The van der Waals surface area contributed by atoms with Crippen molar-refractivity contribution in [2.45, 2.75) is 12.6 Å². The second-order valence-corrected chi connectivity index (χ2v) is 6.38. The molecular formula is C20H23FN4. The molecule has 1 aromatic heterocycles. The van der Waals surface area contributed by atoms with Gasteiger partial charge < -0.3 is 10.2 Å². The second-order valence-electron chi connectivity index (χ2n) is 6.38. The Morgan fingerprint density at radius 2 is 1.80 bits per heavy atom. The molecule has 3 aromatic rings. The van der Waals surface area contributed by atoms with Crippen LogP contribution in [0.15, 0.2) is 60.8 Å². The van der Waals surface area contributed by atoms with Crippen LogP contribution in [0.4, 0.5) is 4.39 Å². The molecule has 2 N–H and O–H groups in total. The molecule has 5 heteroatoms. The Balaban J connectivity index is 1.75. The van der Waals surface area contributed by atoms with E-state index in [9.17, 15) is 4.39 Å². The molecule has 0 fully saturated rings. The van der Waals surface area contributed by atoms with Gasteiger partial charge in [0.15, 0.2) is 0 Å². The maximum Gasteiger partial charge on any atom is 0.123 e. The highest BCUT2D eigenvalue weighted by atomic mass is 19.1. The predicted octanol–water partition coefficient (Wildman–Crippen LogP) is 3.61. The molecular weight excluding hydrogens is 315 g/mol. The van der Waals surface area contributed by atoms with E-state index in [0.717, 1.165) is 23.4 Å². The fourth-order valence-corrected chi connectivity index (χ4v) is 2.88. The topological polar surface area (TPSA) is 44.0 Å². The Morgan fingerprint density at radius 3 is 2.48 bits per heavy atom. The number of H-pyrrole nitrogens is 1. The fraction of sp³-hybridized carbons (Fsp3) is 0.250. The minimum Gasteiger partial charge on any atom is -0.308 e. The van der Waals surface area contributed by atoms with E-state index in [1.54, 1.807) is 12.1 Å². The van der Waals surface area contributed by atoms with Crippen molar-refractivity contribution in [2.24, 2.45) is 0 Å². The Kier molecular flexibility index (Phi) is 5.58. The van der Waals surface area contributed by atoms with Crippen LogP contribution in [0.25, 0.3) is 11.3 Å². The number of aromatic nitrogens is 2. The molecule has 1 heterocycles. The van der Waals surface area contributed by atoms with Crippen LogP contribution >= 0.6 is 0 Å². The monoisotopic (exact) mass is 338 g/mol. The summed E-state index contributed by atoms with van der Waals surface area (Å²) in [6.45, 7) is 1.57. The molecule has 0 aliphatic carbocycles. The van der Waals surface area contributed by atoms with Gasteiger partial charge in [-0.25, -0.2) is 4.39 Å². The van der Waals surface area contributed by atoms with Gasteiger partial charge in [-0.05, 0) is 43.9 Å². The van der Waals surface area contributed by atoms with Crippen molar-refractivity contribution < 1.29 is 4.39 Å². The fourth-order valence-electron chi connectivity index (χ4n) is 2.88. The van der Waals surface area contributed by atoms with E-state index >= 15 is 0 Å². The zero-order chi connectivity index (χ0) is 17.6. The molecule has 0 aliphatic heterocycles. The summed E-state index contributed by atoms with van der Waals surface area (Å²) in [6.07, 6.45) is 1.82. The van der Waals surface area contributed by atoms with Gasteiger partial charge in [0.2, 0.25) is 0 Å². The SMILES string of the molecule is CN(C)CC(NCc1cn[nH]c1-c1ccc(F)cc1)c1ccccc1. The maximum absolute atomic E-state index is 13.1. The van der Waals surface area contributed by atoms with Gasteiger partial charge in [0.1, 0.15) is 5.82 Å². The van der Waals surface area contributed by atoms with E-state index < -0.39 is 0 Å². The van der Waals surface area contributed by atoms with E-state index in [0.29, 0.717) is 6.54 Å². The standard InChI is InChI=1S/C20H23FN4/c1-25(2)14-19(15-6-4-3-5-7-15)22-12-17-13-23-24-20(17)16-8-10-18(21)11-9-16/h3-11,13,19,22H,12,14H2,1-2H3,(H,23,24). The molecule has 1 atom stereocenters. The van der Waals surface area contributed by atoms with Gasteiger partial charge in [-0.1, -0.05) is 30.3 Å². The third-order valence-corrected chi connectivity index (χ3v) is 4.14. The summed E-state index contributed by atoms with van der Waals surface area (Å²) in [6, 6.07) is 17.1. The lowest BCUT2D eigenvalue weighted by atomic mass is 10.0. The number of nitrogens with zero attached hydrogens (tertiary/aromatic N) is 2. The summed E-state index contributed by atoms with van der Waals surface area (Å²) in [5, 5.41) is 10.8. The van der Waals surface area contributed by atoms with Crippen LogP contribution in [0.2, 0.25) is 0 Å². The summed E-state index contributed by atoms with van der Waals surface area (Å²) < 4.78 is 13.1. The highest BCUT2D eigenvalue weighted by Crippen LogP contribution is 2.22. The third kappa shape index (κ3) is 4.53. The van der Waals surface area contributed by atoms with Gasteiger partial charge in [0.05, 0.1) is 11.9 Å². The smallest absolute Gasteiger partial charge is 0.123 e. The van der Waals surface area contributed by atoms with Crippen molar-refractivity contribution in [1.82, 2.24) is 20.4 Å². The molecule has 0 amide bonds. The van der Waals surface area contributed by atoms with Crippen molar-refractivity contribution in [3.8, 4) is 11.3 Å². The van der Waals surface area contributed by atoms with Crippen LogP contribution in [0.3, 0.4) is 0 Å². The molecule has 0 radical (unpaired) electrons.